The smallest absolute Gasteiger partial charge is 0.267 e. The lowest BCUT2D eigenvalue weighted by molar-refractivity contribution is -0.112. The lowest BCUT2D eigenvalue weighted by Crippen LogP contribution is -2.14. The molecular formula is C16H14N4O4S. The summed E-state index contributed by atoms with van der Waals surface area (Å²) in [7, 11) is -3.79. The number of carbonyl (C=O) groups excluding carboxylic acids is 1. The van der Waals surface area contributed by atoms with Crippen molar-refractivity contribution in [3.05, 3.63) is 60.3 Å². The van der Waals surface area contributed by atoms with Gasteiger partial charge in [-0.2, -0.15) is 5.26 Å². The highest BCUT2D eigenvalue weighted by molar-refractivity contribution is 7.89. The van der Waals surface area contributed by atoms with Gasteiger partial charge in [-0.05, 0) is 36.4 Å². The molecule has 0 aromatic heterocycles. The van der Waals surface area contributed by atoms with Gasteiger partial charge in [-0.15, -0.1) is 0 Å². The Morgan fingerprint density at radius 3 is 2.40 bits per heavy atom. The number of carbonyl (C=O) groups is 1. The van der Waals surface area contributed by atoms with Crippen molar-refractivity contribution in [1.82, 2.24) is 0 Å². The number of rotatable bonds is 5. The number of benzene rings is 2. The van der Waals surface area contributed by atoms with Crippen molar-refractivity contribution in [3.63, 3.8) is 0 Å². The Bertz CT molecular complexity index is 960. The minimum atomic E-state index is -3.79. The topological polar surface area (TPSA) is 145 Å². The Morgan fingerprint density at radius 1 is 1.16 bits per heavy atom. The maximum Gasteiger partial charge on any atom is 0.267 e. The van der Waals surface area contributed by atoms with Crippen LogP contribution in [0, 0.1) is 11.3 Å². The number of hydrogen-bond donors (Lipinski definition) is 4. The molecule has 2 rings (SSSR count). The summed E-state index contributed by atoms with van der Waals surface area (Å²) in [6, 6.07) is 13.1. The van der Waals surface area contributed by atoms with Crippen LogP contribution in [-0.2, 0) is 14.8 Å². The quantitative estimate of drug-likeness (QED) is 0.471. The van der Waals surface area contributed by atoms with Crippen molar-refractivity contribution in [1.29, 1.82) is 5.26 Å². The second kappa shape index (κ2) is 7.48. The number of phenols is 1. The predicted octanol–water partition coefficient (Wildman–Crippen LogP) is 1.50. The highest BCUT2D eigenvalue weighted by atomic mass is 32.2. The van der Waals surface area contributed by atoms with Gasteiger partial charge in [0.1, 0.15) is 17.4 Å². The maximum atomic E-state index is 12.0. The van der Waals surface area contributed by atoms with Gasteiger partial charge in [0.05, 0.1) is 4.90 Å². The number of nitrogens with zero attached hydrogens (tertiary/aromatic N) is 1. The van der Waals surface area contributed by atoms with E-state index in [0.29, 0.717) is 11.4 Å². The molecule has 0 bridgehead atoms. The standard InChI is InChI=1S/C16H14N4O4S/c17-9-11(16(22)20-13-2-1-3-14(21)8-13)10-19-12-4-6-15(7-5-12)25(18,23)24/h1-8,10,19,21H,(H,20,22)(H2,18,23,24)/b11-10-. The van der Waals surface area contributed by atoms with E-state index in [-0.39, 0.29) is 16.2 Å². The molecule has 0 radical (unpaired) electrons. The van der Waals surface area contributed by atoms with Crippen molar-refractivity contribution in [3.8, 4) is 11.8 Å². The lowest BCUT2D eigenvalue weighted by Gasteiger charge is -2.06. The number of amides is 1. The summed E-state index contributed by atoms with van der Waals surface area (Å²) in [6.45, 7) is 0. The maximum absolute atomic E-state index is 12.0. The first-order chi connectivity index (χ1) is 11.8. The molecule has 0 atom stereocenters. The third-order valence-electron chi connectivity index (χ3n) is 3.04. The van der Waals surface area contributed by atoms with Crippen LogP contribution in [0.15, 0.2) is 65.2 Å². The molecule has 0 fully saturated rings. The number of aromatic hydroxyl groups is 1. The molecule has 0 saturated carbocycles. The molecule has 9 heteroatoms. The second-order valence-electron chi connectivity index (χ2n) is 4.89. The molecule has 0 heterocycles. The van der Waals surface area contributed by atoms with Gasteiger partial charge < -0.3 is 15.7 Å². The zero-order valence-corrected chi connectivity index (χ0v) is 13.6. The molecule has 128 valence electrons. The monoisotopic (exact) mass is 358 g/mol. The van der Waals surface area contributed by atoms with E-state index in [1.54, 1.807) is 18.2 Å². The molecular weight excluding hydrogens is 344 g/mol. The van der Waals surface area contributed by atoms with Gasteiger partial charge in [-0.1, -0.05) is 6.07 Å². The number of anilines is 2. The predicted molar refractivity (Wildman–Crippen MR) is 91.9 cm³/mol. The molecule has 0 aliphatic heterocycles. The molecule has 25 heavy (non-hydrogen) atoms. The van der Waals surface area contributed by atoms with Gasteiger partial charge in [-0.25, -0.2) is 13.6 Å². The fraction of sp³-hybridized carbons (Fsp3) is 0. The third-order valence-corrected chi connectivity index (χ3v) is 3.96. The lowest BCUT2D eigenvalue weighted by atomic mass is 10.2. The Morgan fingerprint density at radius 2 is 1.84 bits per heavy atom. The van der Waals surface area contributed by atoms with E-state index in [9.17, 15) is 18.3 Å². The van der Waals surface area contributed by atoms with Gasteiger partial charge in [0.15, 0.2) is 0 Å². The summed E-state index contributed by atoms with van der Waals surface area (Å²) >= 11 is 0. The fourth-order valence-corrected chi connectivity index (χ4v) is 2.34. The third kappa shape index (κ3) is 5.07. The van der Waals surface area contributed by atoms with E-state index in [4.69, 9.17) is 10.4 Å². The molecule has 1 amide bonds. The number of nitrogens with one attached hydrogen (secondary N) is 2. The molecule has 8 nitrogen and oxygen atoms in total. The van der Waals surface area contributed by atoms with E-state index in [2.05, 4.69) is 10.6 Å². The van der Waals surface area contributed by atoms with Crippen LogP contribution in [0.3, 0.4) is 0 Å². The van der Waals surface area contributed by atoms with E-state index in [1.165, 1.54) is 42.6 Å². The first-order valence-electron chi connectivity index (χ1n) is 6.89. The normalized spacial score (nSPS) is 11.4. The van der Waals surface area contributed by atoms with E-state index in [1.807, 2.05) is 0 Å². The number of sulfonamides is 1. The number of hydrogen-bond acceptors (Lipinski definition) is 6. The van der Waals surface area contributed by atoms with Crippen LogP contribution in [0.4, 0.5) is 11.4 Å². The van der Waals surface area contributed by atoms with E-state index >= 15 is 0 Å². The van der Waals surface area contributed by atoms with Crippen LogP contribution < -0.4 is 15.8 Å². The summed E-state index contributed by atoms with van der Waals surface area (Å²) in [6.07, 6.45) is 1.18. The first kappa shape index (κ1) is 18.0. The Kier molecular flexibility index (Phi) is 5.38. The van der Waals surface area contributed by atoms with Crippen LogP contribution in [-0.4, -0.2) is 19.4 Å². The zero-order valence-electron chi connectivity index (χ0n) is 12.8. The highest BCUT2D eigenvalue weighted by Crippen LogP contribution is 2.16. The van der Waals surface area contributed by atoms with E-state index in [0.717, 1.165) is 0 Å². The van der Waals surface area contributed by atoms with Crippen LogP contribution in [0.5, 0.6) is 5.75 Å². The van der Waals surface area contributed by atoms with Crippen molar-refractivity contribution >= 4 is 27.3 Å². The SMILES string of the molecule is N#C/C(=C/Nc1ccc(S(N)(=O)=O)cc1)C(=O)Nc1cccc(O)c1. The number of nitriles is 1. The second-order valence-corrected chi connectivity index (χ2v) is 6.45. The summed E-state index contributed by atoms with van der Waals surface area (Å²) < 4.78 is 22.4. The van der Waals surface area contributed by atoms with Gasteiger partial charge >= 0.3 is 0 Å². The molecule has 5 N–H and O–H groups in total. The van der Waals surface area contributed by atoms with Gasteiger partial charge in [-0.3, -0.25) is 4.79 Å². The largest absolute Gasteiger partial charge is 0.508 e. The van der Waals surface area contributed by atoms with E-state index < -0.39 is 15.9 Å². The molecule has 2 aromatic rings. The van der Waals surface area contributed by atoms with Crippen molar-refractivity contribution in [2.45, 2.75) is 4.90 Å². The number of phenolic OH excluding ortho intramolecular Hbond substituents is 1. The Labute approximate surface area is 144 Å². The van der Waals surface area contributed by atoms with Crippen LogP contribution in [0.25, 0.3) is 0 Å². The molecule has 0 aliphatic rings. The van der Waals surface area contributed by atoms with Crippen LogP contribution >= 0.6 is 0 Å². The average Bonchev–Trinajstić information content (AvgIpc) is 2.55. The van der Waals surface area contributed by atoms with Gasteiger partial charge in [0, 0.05) is 23.6 Å². The molecule has 0 unspecified atom stereocenters. The zero-order chi connectivity index (χ0) is 18.4. The Balaban J connectivity index is 2.09. The molecule has 2 aromatic carbocycles. The van der Waals surface area contributed by atoms with Gasteiger partial charge in [0.25, 0.3) is 5.91 Å². The minimum absolute atomic E-state index is 0.0200. The fourth-order valence-electron chi connectivity index (χ4n) is 1.83. The van der Waals surface area contributed by atoms with Crippen molar-refractivity contribution in [2.75, 3.05) is 10.6 Å². The summed E-state index contributed by atoms with van der Waals surface area (Å²) in [5, 5.41) is 28.6. The summed E-state index contributed by atoms with van der Waals surface area (Å²) in [5.74, 6) is -0.685. The highest BCUT2D eigenvalue weighted by Gasteiger charge is 2.10. The first-order valence-corrected chi connectivity index (χ1v) is 8.44. The average molecular weight is 358 g/mol. The molecule has 0 aliphatic carbocycles. The summed E-state index contributed by atoms with van der Waals surface area (Å²) in [4.78, 5) is 12.0. The van der Waals surface area contributed by atoms with Crippen molar-refractivity contribution < 1.29 is 18.3 Å². The van der Waals surface area contributed by atoms with Crippen LogP contribution in [0.2, 0.25) is 0 Å². The summed E-state index contributed by atoms with van der Waals surface area (Å²) in [5.41, 5.74) is 0.591. The number of nitrogens with two attached hydrogens (primary N) is 1. The van der Waals surface area contributed by atoms with Crippen molar-refractivity contribution in [2.24, 2.45) is 5.14 Å². The molecule has 0 saturated heterocycles. The Hall–Kier alpha value is -3.35. The van der Waals surface area contributed by atoms with Gasteiger partial charge in [0.2, 0.25) is 10.0 Å². The number of primary sulfonamides is 1. The van der Waals surface area contributed by atoms with Crippen LogP contribution in [0.1, 0.15) is 0 Å². The molecule has 0 spiro atoms. The minimum Gasteiger partial charge on any atom is -0.508 e.